The number of thiazole rings is 1. The topological polar surface area (TPSA) is 104 Å². The van der Waals surface area contributed by atoms with Crippen LogP contribution in [0.3, 0.4) is 0 Å². The van der Waals surface area contributed by atoms with Crippen LogP contribution in [0, 0.1) is 6.92 Å². The molecule has 2 fully saturated rings. The number of aliphatic hydroxyl groups is 1. The molecular weight excluding hydrogens is 512 g/mol. The highest BCUT2D eigenvalue weighted by molar-refractivity contribution is 7.09. The minimum atomic E-state index is -0.754. The van der Waals surface area contributed by atoms with Crippen molar-refractivity contribution in [2.45, 2.75) is 63.3 Å². The Kier molecular flexibility index (Phi) is 8.60. The van der Waals surface area contributed by atoms with E-state index in [4.69, 9.17) is 4.74 Å². The van der Waals surface area contributed by atoms with Crippen molar-refractivity contribution in [1.29, 1.82) is 0 Å². The van der Waals surface area contributed by atoms with Gasteiger partial charge in [-0.2, -0.15) is 0 Å². The number of rotatable bonds is 9. The van der Waals surface area contributed by atoms with E-state index in [0.29, 0.717) is 29.8 Å². The van der Waals surface area contributed by atoms with Gasteiger partial charge in [-0.05, 0) is 69.3 Å². The summed E-state index contributed by atoms with van der Waals surface area (Å²) in [7, 11) is 1.52. The fraction of sp³-hybridized carbons (Fsp3) is 0.433. The van der Waals surface area contributed by atoms with Gasteiger partial charge >= 0.3 is 0 Å². The number of nitrogens with zero attached hydrogens (tertiary/aromatic N) is 2. The van der Waals surface area contributed by atoms with Crippen LogP contribution in [0.1, 0.15) is 68.7 Å². The summed E-state index contributed by atoms with van der Waals surface area (Å²) in [5, 5.41) is 20.6. The summed E-state index contributed by atoms with van der Waals surface area (Å²) in [4.78, 5) is 33.8. The van der Waals surface area contributed by atoms with E-state index < -0.39 is 12.1 Å². The number of aliphatic hydroxyl groups excluding tert-OH is 1. The monoisotopic (exact) mass is 548 g/mol. The third kappa shape index (κ3) is 6.32. The van der Waals surface area contributed by atoms with E-state index in [2.05, 4.69) is 15.6 Å². The van der Waals surface area contributed by atoms with E-state index in [1.54, 1.807) is 29.5 Å². The summed E-state index contributed by atoms with van der Waals surface area (Å²) in [6, 6.07) is 14.1. The van der Waals surface area contributed by atoms with Gasteiger partial charge in [0.1, 0.15) is 10.8 Å². The van der Waals surface area contributed by atoms with Crippen LogP contribution in [0.5, 0.6) is 5.75 Å². The molecule has 2 saturated heterocycles. The lowest BCUT2D eigenvalue weighted by molar-refractivity contribution is 0.0733. The van der Waals surface area contributed by atoms with Crippen molar-refractivity contribution >= 4 is 23.2 Å². The standard InChI is InChI=1S/C30H36N4O4S/c1-19-18-39-29(32-19)26-11-7-13-34(26)30(37)22-15-21(16-23(17-22)38-2)28(36)33-25(14-20-8-4-3-5-9-20)27(35)24-10-6-12-31-24/h3-5,8-9,15-18,24-27,31,35H,6-7,10-14H2,1-2H3,(H,33,36)/t24-,25+,26-,27-/m1/s1. The highest BCUT2D eigenvalue weighted by Gasteiger charge is 2.34. The molecular formula is C30H36N4O4S. The smallest absolute Gasteiger partial charge is 0.254 e. The quantitative estimate of drug-likeness (QED) is 0.375. The van der Waals surface area contributed by atoms with Crippen molar-refractivity contribution in [3.05, 3.63) is 81.3 Å². The molecule has 0 spiro atoms. The van der Waals surface area contributed by atoms with Crippen molar-refractivity contribution < 1.29 is 19.4 Å². The lowest BCUT2D eigenvalue weighted by atomic mass is 9.95. The number of likely N-dealkylation sites (tertiary alicyclic amines) is 1. The molecule has 2 aliphatic heterocycles. The first kappa shape index (κ1) is 27.3. The van der Waals surface area contributed by atoms with Crippen LogP contribution in [-0.2, 0) is 6.42 Å². The predicted molar refractivity (Wildman–Crippen MR) is 151 cm³/mol. The maximum absolute atomic E-state index is 13.7. The highest BCUT2D eigenvalue weighted by Crippen LogP contribution is 2.35. The molecule has 206 valence electrons. The van der Waals surface area contributed by atoms with Crippen LogP contribution >= 0.6 is 11.3 Å². The molecule has 0 aliphatic carbocycles. The Labute approximate surface area is 233 Å². The lowest BCUT2D eigenvalue weighted by Crippen LogP contribution is -2.52. The number of methoxy groups -OCH3 is 1. The SMILES string of the molecule is COc1cc(C(=O)N[C@@H](Cc2ccccc2)[C@H](O)[C@H]2CCCN2)cc(C(=O)N2CCC[C@@H]2c2nc(C)cs2)c1. The average molecular weight is 549 g/mol. The largest absolute Gasteiger partial charge is 0.497 e. The highest BCUT2D eigenvalue weighted by atomic mass is 32.1. The number of carbonyl (C=O) groups is 2. The van der Waals surface area contributed by atoms with Gasteiger partial charge in [-0.25, -0.2) is 4.98 Å². The Morgan fingerprint density at radius 2 is 1.97 bits per heavy atom. The van der Waals surface area contributed by atoms with Gasteiger partial charge in [-0.3, -0.25) is 9.59 Å². The summed E-state index contributed by atoms with van der Waals surface area (Å²) >= 11 is 1.58. The van der Waals surface area contributed by atoms with Crippen LogP contribution < -0.4 is 15.4 Å². The Morgan fingerprint density at radius 3 is 2.67 bits per heavy atom. The molecule has 5 rings (SSSR count). The van der Waals surface area contributed by atoms with Crippen LogP contribution in [0.4, 0.5) is 0 Å². The molecule has 0 saturated carbocycles. The zero-order valence-electron chi connectivity index (χ0n) is 22.4. The van der Waals surface area contributed by atoms with E-state index in [0.717, 1.165) is 48.5 Å². The molecule has 2 aliphatic rings. The van der Waals surface area contributed by atoms with Crippen molar-refractivity contribution in [3.8, 4) is 5.75 Å². The van der Waals surface area contributed by atoms with Gasteiger partial charge in [0.05, 0.1) is 25.3 Å². The molecule has 1 aromatic heterocycles. The zero-order valence-corrected chi connectivity index (χ0v) is 23.2. The Balaban J connectivity index is 1.38. The minimum absolute atomic E-state index is 0.0658. The third-order valence-corrected chi connectivity index (χ3v) is 8.69. The van der Waals surface area contributed by atoms with Crippen LogP contribution in [0.2, 0.25) is 0 Å². The van der Waals surface area contributed by atoms with Gasteiger partial charge in [0.2, 0.25) is 0 Å². The molecule has 0 radical (unpaired) electrons. The van der Waals surface area contributed by atoms with Crippen LogP contribution in [0.15, 0.2) is 53.9 Å². The van der Waals surface area contributed by atoms with Gasteiger partial charge in [-0.15, -0.1) is 11.3 Å². The van der Waals surface area contributed by atoms with Gasteiger partial charge in [0, 0.05) is 34.8 Å². The van der Waals surface area contributed by atoms with Crippen molar-refractivity contribution in [2.24, 2.45) is 0 Å². The minimum Gasteiger partial charge on any atom is -0.497 e. The Bertz CT molecular complexity index is 1290. The molecule has 0 bridgehead atoms. The van der Waals surface area contributed by atoms with Gasteiger partial charge in [0.15, 0.2) is 0 Å². The molecule has 0 unspecified atom stereocenters. The fourth-order valence-corrected chi connectivity index (χ4v) is 6.53. The summed E-state index contributed by atoms with van der Waals surface area (Å²) in [5.74, 6) is -0.0618. The molecule has 8 nitrogen and oxygen atoms in total. The second kappa shape index (κ2) is 12.3. The zero-order chi connectivity index (χ0) is 27.4. The maximum atomic E-state index is 13.7. The van der Waals surface area contributed by atoms with Gasteiger partial charge in [0.25, 0.3) is 11.8 Å². The summed E-state index contributed by atoms with van der Waals surface area (Å²) < 4.78 is 5.48. The number of carbonyl (C=O) groups excluding carboxylic acids is 2. The lowest BCUT2D eigenvalue weighted by Gasteiger charge is -2.29. The first-order valence-electron chi connectivity index (χ1n) is 13.6. The first-order chi connectivity index (χ1) is 18.9. The number of aromatic nitrogens is 1. The number of hydrogen-bond donors (Lipinski definition) is 3. The van der Waals surface area contributed by atoms with E-state index in [-0.39, 0.29) is 23.9 Å². The molecule has 2 aromatic carbocycles. The summed E-state index contributed by atoms with van der Waals surface area (Å²) in [6.07, 6.45) is 3.36. The predicted octanol–water partition coefficient (Wildman–Crippen LogP) is 3.89. The number of aryl methyl sites for hydroxylation is 1. The van der Waals surface area contributed by atoms with E-state index >= 15 is 0 Å². The number of benzene rings is 2. The second-order valence-electron chi connectivity index (χ2n) is 10.4. The third-order valence-electron chi connectivity index (χ3n) is 7.62. The molecule has 4 atom stereocenters. The van der Waals surface area contributed by atoms with E-state index in [1.807, 2.05) is 47.5 Å². The average Bonchev–Trinajstić information content (AvgIpc) is 3.74. The van der Waals surface area contributed by atoms with Crippen molar-refractivity contribution in [2.75, 3.05) is 20.2 Å². The van der Waals surface area contributed by atoms with Crippen LogP contribution in [-0.4, -0.2) is 65.2 Å². The molecule has 3 heterocycles. The van der Waals surface area contributed by atoms with Crippen molar-refractivity contribution in [3.63, 3.8) is 0 Å². The molecule has 39 heavy (non-hydrogen) atoms. The van der Waals surface area contributed by atoms with Gasteiger partial charge in [-0.1, -0.05) is 30.3 Å². The molecule has 3 aromatic rings. The maximum Gasteiger partial charge on any atom is 0.254 e. The van der Waals surface area contributed by atoms with Crippen LogP contribution in [0.25, 0.3) is 0 Å². The number of ether oxygens (including phenoxy) is 1. The Morgan fingerprint density at radius 1 is 1.18 bits per heavy atom. The Hall–Kier alpha value is -3.27. The molecule has 2 amide bonds. The normalized spacial score (nSPS) is 20.5. The number of nitrogens with one attached hydrogen (secondary N) is 2. The summed E-state index contributed by atoms with van der Waals surface area (Å²) in [5.41, 5.74) is 2.70. The van der Waals surface area contributed by atoms with E-state index in [9.17, 15) is 14.7 Å². The first-order valence-corrected chi connectivity index (χ1v) is 14.5. The van der Waals surface area contributed by atoms with E-state index in [1.165, 1.54) is 7.11 Å². The second-order valence-corrected chi connectivity index (χ2v) is 11.3. The van der Waals surface area contributed by atoms with Crippen molar-refractivity contribution in [1.82, 2.24) is 20.5 Å². The number of amides is 2. The summed E-state index contributed by atoms with van der Waals surface area (Å²) in [6.45, 7) is 3.45. The fourth-order valence-electron chi connectivity index (χ4n) is 5.59. The van der Waals surface area contributed by atoms with Gasteiger partial charge < -0.3 is 25.4 Å². The molecule has 3 N–H and O–H groups in total. The molecule has 9 heteroatoms. The number of hydrogen-bond acceptors (Lipinski definition) is 7.